The molecule has 3 aliphatic rings. The maximum atomic E-state index is 14.8. The van der Waals surface area contributed by atoms with Crippen LogP contribution in [0.25, 0.3) is 0 Å². The van der Waals surface area contributed by atoms with E-state index in [-0.39, 0.29) is 48.1 Å². The summed E-state index contributed by atoms with van der Waals surface area (Å²) in [6.07, 6.45) is 7.80. The number of amides is 3. The number of nitrogens with zero attached hydrogens (tertiary/aromatic N) is 3. The van der Waals surface area contributed by atoms with E-state index in [9.17, 15) is 19.2 Å². The zero-order chi connectivity index (χ0) is 36.7. The molecule has 3 amide bonds. The molecule has 1 aromatic rings. The number of ketones is 1. The van der Waals surface area contributed by atoms with Gasteiger partial charge in [0.25, 0.3) is 0 Å². The summed E-state index contributed by atoms with van der Waals surface area (Å²) in [7, 11) is 0. The molecule has 0 unspecified atom stereocenters. The second kappa shape index (κ2) is 17.5. The first kappa shape index (κ1) is 39.9. The van der Waals surface area contributed by atoms with Crippen LogP contribution in [0.2, 0.25) is 0 Å². The Balaban J connectivity index is 1.60. The first-order chi connectivity index (χ1) is 23.5. The van der Waals surface area contributed by atoms with Gasteiger partial charge in [-0.3, -0.25) is 9.59 Å². The predicted molar refractivity (Wildman–Crippen MR) is 199 cm³/mol. The van der Waals surface area contributed by atoms with Gasteiger partial charge in [0, 0.05) is 25.0 Å². The van der Waals surface area contributed by atoms with Gasteiger partial charge in [0.1, 0.15) is 12.6 Å². The number of urea groups is 1. The molecule has 0 spiro atoms. The number of esters is 1. The van der Waals surface area contributed by atoms with Gasteiger partial charge in [0.15, 0.2) is 5.78 Å². The second-order valence-electron chi connectivity index (χ2n) is 18.1. The van der Waals surface area contributed by atoms with E-state index in [1.54, 1.807) is 9.80 Å². The molecular weight excluding hydrogens is 626 g/mol. The molecule has 3 saturated heterocycles. The molecule has 3 fully saturated rings. The third-order valence-electron chi connectivity index (χ3n) is 11.2. The SMILES string of the molecule is CC(C)CC[C@H]1C[C@@H](C(=O)OCc2ccccc2)N(C(=O)N2C[C@@H](CCC(C)C)C[C@H]2C(=O)[C@@H]2C[C@H](CCC(C)C)CN2C(=O)C(C)(C)C)C1. The van der Waals surface area contributed by atoms with Gasteiger partial charge in [-0.1, -0.05) is 112 Å². The van der Waals surface area contributed by atoms with Crippen molar-refractivity contribution in [2.75, 3.05) is 19.6 Å². The van der Waals surface area contributed by atoms with Crippen molar-refractivity contribution >= 4 is 23.7 Å². The highest BCUT2D eigenvalue weighted by molar-refractivity contribution is 5.97. The van der Waals surface area contributed by atoms with Crippen molar-refractivity contribution in [2.45, 2.75) is 145 Å². The number of carbonyl (C=O) groups is 4. The number of ether oxygens (including phenoxy) is 1. The summed E-state index contributed by atoms with van der Waals surface area (Å²) >= 11 is 0. The van der Waals surface area contributed by atoms with Crippen LogP contribution >= 0.6 is 0 Å². The van der Waals surface area contributed by atoms with E-state index < -0.39 is 23.5 Å². The van der Waals surface area contributed by atoms with Gasteiger partial charge in [-0.05, 0) is 79.6 Å². The van der Waals surface area contributed by atoms with Crippen LogP contribution in [0.4, 0.5) is 4.79 Å². The molecule has 4 rings (SSSR count). The van der Waals surface area contributed by atoms with Crippen LogP contribution in [0.15, 0.2) is 30.3 Å². The molecule has 8 heteroatoms. The average Bonchev–Trinajstić information content (AvgIpc) is 3.80. The van der Waals surface area contributed by atoms with Gasteiger partial charge in [-0.15, -0.1) is 0 Å². The van der Waals surface area contributed by atoms with Crippen molar-refractivity contribution < 1.29 is 23.9 Å². The Morgan fingerprint density at radius 2 is 1.08 bits per heavy atom. The Bertz CT molecular complexity index is 1290. The highest BCUT2D eigenvalue weighted by Gasteiger charge is 2.51. The van der Waals surface area contributed by atoms with E-state index in [1.807, 2.05) is 56.0 Å². The van der Waals surface area contributed by atoms with Gasteiger partial charge in [0.2, 0.25) is 5.91 Å². The van der Waals surface area contributed by atoms with Crippen molar-refractivity contribution in [1.29, 1.82) is 0 Å². The molecule has 0 radical (unpaired) electrons. The van der Waals surface area contributed by atoms with Crippen molar-refractivity contribution in [3.8, 4) is 0 Å². The molecule has 0 saturated carbocycles. The number of Topliss-reactive ketones (excluding diaryl/α,β-unsaturated/α-hetero) is 1. The zero-order valence-electron chi connectivity index (χ0n) is 32.7. The summed E-state index contributed by atoms with van der Waals surface area (Å²) < 4.78 is 5.83. The average molecular weight is 694 g/mol. The van der Waals surface area contributed by atoms with Gasteiger partial charge in [-0.25, -0.2) is 9.59 Å². The van der Waals surface area contributed by atoms with Crippen LogP contribution in [-0.2, 0) is 25.7 Å². The summed E-state index contributed by atoms with van der Waals surface area (Å²) in [6, 6.07) is 7.57. The quantitative estimate of drug-likeness (QED) is 0.183. The maximum Gasteiger partial charge on any atom is 0.329 e. The lowest BCUT2D eigenvalue weighted by atomic mass is 9.90. The fraction of sp³-hybridized carbons (Fsp3) is 0.762. The summed E-state index contributed by atoms with van der Waals surface area (Å²) in [5, 5.41) is 0. The molecular formula is C42H67N3O5. The Morgan fingerprint density at radius 1 is 0.660 bits per heavy atom. The molecule has 6 atom stereocenters. The first-order valence-corrected chi connectivity index (χ1v) is 19.7. The zero-order valence-corrected chi connectivity index (χ0v) is 32.7. The minimum absolute atomic E-state index is 0.00360. The number of hydrogen-bond acceptors (Lipinski definition) is 5. The highest BCUT2D eigenvalue weighted by atomic mass is 16.5. The molecule has 8 nitrogen and oxygen atoms in total. The largest absolute Gasteiger partial charge is 0.459 e. The van der Waals surface area contributed by atoms with Crippen molar-refractivity contribution in [2.24, 2.45) is 40.9 Å². The third kappa shape index (κ3) is 10.6. The lowest BCUT2D eigenvalue weighted by Crippen LogP contribution is -2.55. The smallest absolute Gasteiger partial charge is 0.329 e. The molecule has 3 aliphatic heterocycles. The molecule has 0 bridgehead atoms. The predicted octanol–water partition coefficient (Wildman–Crippen LogP) is 8.37. The van der Waals surface area contributed by atoms with Crippen LogP contribution < -0.4 is 0 Å². The molecule has 280 valence electrons. The summed E-state index contributed by atoms with van der Waals surface area (Å²) in [5.74, 6) is 1.89. The highest BCUT2D eigenvalue weighted by Crippen LogP contribution is 2.38. The minimum Gasteiger partial charge on any atom is -0.459 e. The van der Waals surface area contributed by atoms with Gasteiger partial charge in [0.05, 0.1) is 12.1 Å². The normalized spacial score (nSPS) is 25.7. The molecule has 1 aromatic carbocycles. The Kier molecular flexibility index (Phi) is 14.0. The van der Waals surface area contributed by atoms with E-state index in [1.165, 1.54) is 0 Å². The topological polar surface area (TPSA) is 87.2 Å². The third-order valence-corrected chi connectivity index (χ3v) is 11.2. The number of rotatable bonds is 14. The fourth-order valence-electron chi connectivity index (χ4n) is 8.16. The Labute approximate surface area is 303 Å². The lowest BCUT2D eigenvalue weighted by Gasteiger charge is -2.35. The van der Waals surface area contributed by atoms with Crippen LogP contribution in [0.1, 0.15) is 126 Å². The van der Waals surface area contributed by atoms with Crippen molar-refractivity contribution in [3.63, 3.8) is 0 Å². The van der Waals surface area contributed by atoms with E-state index in [4.69, 9.17) is 4.74 Å². The minimum atomic E-state index is -0.681. The Hall–Kier alpha value is -2.90. The first-order valence-electron chi connectivity index (χ1n) is 19.7. The summed E-state index contributed by atoms with van der Waals surface area (Å²) in [6.45, 7) is 20.7. The maximum absolute atomic E-state index is 14.8. The van der Waals surface area contributed by atoms with E-state index in [2.05, 4.69) is 41.5 Å². The summed E-state index contributed by atoms with van der Waals surface area (Å²) in [5.41, 5.74) is 0.300. The molecule has 3 heterocycles. The molecule has 0 aliphatic carbocycles. The second-order valence-corrected chi connectivity index (χ2v) is 18.1. The standard InChI is InChI=1S/C42H67N3O5/c1-28(2)15-18-32-21-35(43(24-32)40(48)42(7,8)9)38(46)36-22-33(19-16-29(3)4)25-44(36)41(49)45-26-34(20-17-30(5)6)23-37(45)39(47)50-27-31-13-11-10-12-14-31/h10-14,28-30,32-37H,15-27H2,1-9H3/t32-,33-,34-,35-,36-,37-/m0/s1. The van der Waals surface area contributed by atoms with E-state index in [0.717, 1.165) is 44.1 Å². The van der Waals surface area contributed by atoms with E-state index >= 15 is 0 Å². The van der Waals surface area contributed by atoms with Gasteiger partial charge in [-0.2, -0.15) is 0 Å². The van der Waals surface area contributed by atoms with Crippen LogP contribution in [0.3, 0.4) is 0 Å². The number of carbonyl (C=O) groups excluding carboxylic acids is 4. The summed E-state index contributed by atoms with van der Waals surface area (Å²) in [4.78, 5) is 62.4. The van der Waals surface area contributed by atoms with Crippen LogP contribution in [0, 0.1) is 40.9 Å². The number of hydrogen-bond donors (Lipinski definition) is 0. The van der Waals surface area contributed by atoms with Gasteiger partial charge >= 0.3 is 12.0 Å². The molecule has 0 aromatic heterocycles. The van der Waals surface area contributed by atoms with Crippen LogP contribution in [-0.4, -0.2) is 76.2 Å². The molecule has 0 N–H and O–H groups in total. The van der Waals surface area contributed by atoms with Crippen molar-refractivity contribution in [1.82, 2.24) is 14.7 Å². The van der Waals surface area contributed by atoms with Crippen molar-refractivity contribution in [3.05, 3.63) is 35.9 Å². The Morgan fingerprint density at radius 3 is 1.54 bits per heavy atom. The van der Waals surface area contributed by atoms with E-state index in [0.29, 0.717) is 56.7 Å². The monoisotopic (exact) mass is 694 g/mol. The number of benzene rings is 1. The lowest BCUT2D eigenvalue weighted by molar-refractivity contribution is -0.149. The van der Waals surface area contributed by atoms with Crippen LogP contribution in [0.5, 0.6) is 0 Å². The number of likely N-dealkylation sites (tertiary alicyclic amines) is 3. The molecule has 50 heavy (non-hydrogen) atoms. The fourth-order valence-corrected chi connectivity index (χ4v) is 8.16. The van der Waals surface area contributed by atoms with Gasteiger partial charge < -0.3 is 19.4 Å².